The number of carbonyl (C=O) groups is 1. The average molecular weight is 380 g/mol. The molecule has 0 radical (unpaired) electrons. The minimum Gasteiger partial charge on any atom is -0.459 e. The van der Waals surface area contributed by atoms with E-state index in [1.807, 2.05) is 0 Å². The van der Waals surface area contributed by atoms with Crippen molar-refractivity contribution in [2.45, 2.75) is 20.0 Å². The van der Waals surface area contributed by atoms with Crippen molar-refractivity contribution in [1.82, 2.24) is 4.98 Å². The van der Waals surface area contributed by atoms with Gasteiger partial charge in [0.05, 0.1) is 16.6 Å². The first-order chi connectivity index (χ1) is 10.9. The number of carbonyl (C=O) groups excluding carboxylic acids is 1. The van der Waals surface area contributed by atoms with E-state index in [4.69, 9.17) is 4.74 Å². The fraction of sp³-hybridized carbons (Fsp3) is 0.200. The van der Waals surface area contributed by atoms with Crippen molar-refractivity contribution in [2.24, 2.45) is 0 Å². The summed E-state index contributed by atoms with van der Waals surface area (Å²) in [5, 5.41) is 13.9. The van der Waals surface area contributed by atoms with Crippen LogP contribution in [0.15, 0.2) is 41.0 Å². The number of rotatable bonds is 5. The van der Waals surface area contributed by atoms with Crippen molar-refractivity contribution in [2.75, 3.05) is 5.32 Å². The highest BCUT2D eigenvalue weighted by molar-refractivity contribution is 9.10. The highest BCUT2D eigenvalue weighted by atomic mass is 79.9. The molecule has 2 aromatic rings. The first-order valence-electron chi connectivity index (χ1n) is 6.75. The molecule has 0 bridgehead atoms. The lowest BCUT2D eigenvalue weighted by molar-refractivity contribution is -0.384. The van der Waals surface area contributed by atoms with E-state index < -0.39 is 10.9 Å². The van der Waals surface area contributed by atoms with Crippen LogP contribution in [0.5, 0.6) is 0 Å². The van der Waals surface area contributed by atoms with Crippen LogP contribution in [-0.4, -0.2) is 22.0 Å². The number of hydrogen-bond donors (Lipinski definition) is 1. The molecule has 0 saturated heterocycles. The zero-order chi connectivity index (χ0) is 17.0. The Kier molecular flexibility index (Phi) is 5.28. The minimum atomic E-state index is -0.531. The second-order valence-electron chi connectivity index (χ2n) is 4.94. The molecule has 7 nitrogen and oxygen atoms in total. The Hall–Kier alpha value is -2.48. The molecule has 1 aromatic heterocycles. The lowest BCUT2D eigenvalue weighted by atomic mass is 10.2. The first-order valence-corrected chi connectivity index (χ1v) is 7.54. The third kappa shape index (κ3) is 4.49. The zero-order valence-corrected chi connectivity index (χ0v) is 14.0. The molecule has 1 heterocycles. The largest absolute Gasteiger partial charge is 0.459 e. The van der Waals surface area contributed by atoms with Gasteiger partial charge >= 0.3 is 11.7 Å². The lowest BCUT2D eigenvalue weighted by Crippen LogP contribution is -2.11. The van der Waals surface area contributed by atoms with Crippen LogP contribution in [0.2, 0.25) is 0 Å². The van der Waals surface area contributed by atoms with E-state index in [9.17, 15) is 14.9 Å². The topological polar surface area (TPSA) is 94.4 Å². The molecule has 0 fully saturated rings. The van der Waals surface area contributed by atoms with Crippen molar-refractivity contribution in [1.29, 1.82) is 0 Å². The van der Waals surface area contributed by atoms with Gasteiger partial charge in [-0.25, -0.2) is 9.78 Å². The lowest BCUT2D eigenvalue weighted by Gasteiger charge is -2.10. The number of halogens is 1. The third-order valence-corrected chi connectivity index (χ3v) is 3.17. The molecule has 1 aromatic carbocycles. The molecule has 0 atom stereocenters. The summed E-state index contributed by atoms with van der Waals surface area (Å²) in [5.74, 6) is -0.366. The van der Waals surface area contributed by atoms with E-state index in [1.54, 1.807) is 38.1 Å². The van der Waals surface area contributed by atoms with E-state index in [1.165, 1.54) is 12.3 Å². The molecular weight excluding hydrogens is 366 g/mol. The molecule has 23 heavy (non-hydrogen) atoms. The van der Waals surface area contributed by atoms with E-state index in [-0.39, 0.29) is 17.6 Å². The van der Waals surface area contributed by atoms with Gasteiger partial charge in [0.1, 0.15) is 0 Å². The Bertz CT molecular complexity index is 749. The molecule has 0 amide bonds. The predicted octanol–water partition coefficient (Wildman–Crippen LogP) is 4.06. The van der Waals surface area contributed by atoms with Gasteiger partial charge in [0.2, 0.25) is 5.82 Å². The summed E-state index contributed by atoms with van der Waals surface area (Å²) in [7, 11) is 0. The van der Waals surface area contributed by atoms with Crippen LogP contribution < -0.4 is 5.32 Å². The summed E-state index contributed by atoms with van der Waals surface area (Å²) in [6.07, 6.45) is 1.22. The third-order valence-electron chi connectivity index (χ3n) is 2.73. The van der Waals surface area contributed by atoms with Gasteiger partial charge in [-0.3, -0.25) is 10.1 Å². The fourth-order valence-electron chi connectivity index (χ4n) is 1.81. The first kappa shape index (κ1) is 16.9. The SMILES string of the molecule is CC(C)OC(=O)c1cccc(Nc2ncc(Br)cc2[N+](=O)[O-])c1. The second-order valence-corrected chi connectivity index (χ2v) is 5.85. The minimum absolute atomic E-state index is 0.0903. The number of aromatic nitrogens is 1. The van der Waals surface area contributed by atoms with Crippen molar-refractivity contribution in [3.8, 4) is 0 Å². The van der Waals surface area contributed by atoms with Crippen LogP contribution >= 0.6 is 15.9 Å². The number of nitro groups is 1. The Balaban J connectivity index is 2.28. The molecule has 0 saturated carbocycles. The van der Waals surface area contributed by atoms with E-state index in [0.717, 1.165) is 0 Å². The fourth-order valence-corrected chi connectivity index (χ4v) is 2.13. The van der Waals surface area contributed by atoms with Crippen LogP contribution in [-0.2, 0) is 4.74 Å². The standard InChI is InChI=1S/C15H14BrN3O4/c1-9(2)23-15(20)10-4-3-5-12(6-10)18-14-13(19(21)22)7-11(16)8-17-14/h3-9H,1-2H3,(H,17,18). The molecule has 0 unspecified atom stereocenters. The summed E-state index contributed by atoms with van der Waals surface area (Å²) in [4.78, 5) is 26.5. The van der Waals surface area contributed by atoms with Crippen LogP contribution in [0.3, 0.4) is 0 Å². The summed E-state index contributed by atoms with van der Waals surface area (Å²) in [5.41, 5.74) is 0.680. The molecule has 0 aliphatic rings. The summed E-state index contributed by atoms with van der Waals surface area (Å²) in [6, 6.07) is 7.85. The molecule has 2 rings (SSSR count). The van der Waals surface area contributed by atoms with Crippen molar-refractivity contribution in [3.05, 3.63) is 56.7 Å². The summed E-state index contributed by atoms with van der Waals surface area (Å²) >= 11 is 3.15. The number of nitrogens with zero attached hydrogens (tertiary/aromatic N) is 2. The number of esters is 1. The van der Waals surface area contributed by atoms with Crippen molar-refractivity contribution < 1.29 is 14.5 Å². The molecule has 1 N–H and O–H groups in total. The van der Waals surface area contributed by atoms with Gasteiger partial charge in [0, 0.05) is 22.4 Å². The Morgan fingerprint density at radius 3 is 2.78 bits per heavy atom. The van der Waals surface area contributed by atoms with Crippen LogP contribution in [0.1, 0.15) is 24.2 Å². The van der Waals surface area contributed by atoms with E-state index in [0.29, 0.717) is 15.7 Å². The zero-order valence-electron chi connectivity index (χ0n) is 12.4. The average Bonchev–Trinajstić information content (AvgIpc) is 2.48. The van der Waals surface area contributed by atoms with E-state index in [2.05, 4.69) is 26.2 Å². The van der Waals surface area contributed by atoms with Crippen LogP contribution in [0.25, 0.3) is 0 Å². The smallest absolute Gasteiger partial charge is 0.338 e. The maximum atomic E-state index is 11.9. The molecule has 0 aliphatic carbocycles. The number of hydrogen-bond acceptors (Lipinski definition) is 6. The van der Waals surface area contributed by atoms with Crippen LogP contribution in [0, 0.1) is 10.1 Å². The second kappa shape index (κ2) is 7.19. The number of ether oxygens (including phenoxy) is 1. The van der Waals surface area contributed by atoms with Gasteiger partial charge in [-0.05, 0) is 48.0 Å². The van der Waals surface area contributed by atoms with Gasteiger partial charge in [0.25, 0.3) is 0 Å². The normalized spacial score (nSPS) is 10.4. The number of pyridine rings is 1. The summed E-state index contributed by atoms with van der Waals surface area (Å²) in [6.45, 7) is 3.52. The quantitative estimate of drug-likeness (QED) is 0.478. The predicted molar refractivity (Wildman–Crippen MR) is 88.9 cm³/mol. The number of benzene rings is 1. The van der Waals surface area contributed by atoms with Gasteiger partial charge in [0.15, 0.2) is 0 Å². The van der Waals surface area contributed by atoms with Gasteiger partial charge in [-0.15, -0.1) is 0 Å². The molecular formula is C15H14BrN3O4. The van der Waals surface area contributed by atoms with Crippen LogP contribution in [0.4, 0.5) is 17.2 Å². The Labute approximate surface area is 141 Å². The summed E-state index contributed by atoms with van der Waals surface area (Å²) < 4.78 is 5.63. The van der Waals surface area contributed by atoms with E-state index >= 15 is 0 Å². The number of nitrogens with one attached hydrogen (secondary N) is 1. The highest BCUT2D eigenvalue weighted by Crippen LogP contribution is 2.28. The maximum Gasteiger partial charge on any atom is 0.338 e. The molecule has 120 valence electrons. The highest BCUT2D eigenvalue weighted by Gasteiger charge is 2.17. The van der Waals surface area contributed by atoms with Gasteiger partial charge in [-0.1, -0.05) is 6.07 Å². The molecule has 0 aliphatic heterocycles. The number of anilines is 2. The molecule has 8 heteroatoms. The van der Waals surface area contributed by atoms with Crippen molar-refractivity contribution >= 4 is 39.1 Å². The molecule has 0 spiro atoms. The maximum absolute atomic E-state index is 11.9. The monoisotopic (exact) mass is 379 g/mol. The Morgan fingerprint density at radius 2 is 2.13 bits per heavy atom. The van der Waals surface area contributed by atoms with Gasteiger partial charge in [-0.2, -0.15) is 0 Å². The Morgan fingerprint density at radius 1 is 1.39 bits per heavy atom. The van der Waals surface area contributed by atoms with Gasteiger partial charge < -0.3 is 10.1 Å². The van der Waals surface area contributed by atoms with Crippen molar-refractivity contribution in [3.63, 3.8) is 0 Å².